The minimum Gasteiger partial charge on any atom is -0.494 e. The van der Waals surface area contributed by atoms with E-state index in [1.165, 1.54) is 0 Å². The second-order valence-electron chi connectivity index (χ2n) is 6.50. The smallest absolute Gasteiger partial charge is 0.317 e. The van der Waals surface area contributed by atoms with Crippen LogP contribution in [0.25, 0.3) is 5.57 Å². The van der Waals surface area contributed by atoms with Crippen molar-refractivity contribution in [1.29, 1.82) is 0 Å². The summed E-state index contributed by atoms with van der Waals surface area (Å²) in [6.45, 7) is 2.00. The average molecular weight is 508 g/mol. The van der Waals surface area contributed by atoms with Crippen LogP contribution in [0.4, 0.5) is 0 Å². The van der Waals surface area contributed by atoms with Crippen molar-refractivity contribution >= 4 is 49.2 Å². The number of esters is 1. The van der Waals surface area contributed by atoms with Gasteiger partial charge in [0.2, 0.25) is 0 Å². The summed E-state index contributed by atoms with van der Waals surface area (Å²) in [6.07, 6.45) is 2.13. The predicted octanol–water partition coefficient (Wildman–Crippen LogP) is 5.54. The molecule has 0 spiro atoms. The highest BCUT2D eigenvalue weighted by Crippen LogP contribution is 2.43. The van der Waals surface area contributed by atoms with Crippen LogP contribution >= 0.6 is 31.9 Å². The summed E-state index contributed by atoms with van der Waals surface area (Å²) in [5.41, 5.74) is 2.73. The quantitative estimate of drug-likeness (QED) is 0.394. The third-order valence-electron chi connectivity index (χ3n) is 4.81. The predicted molar refractivity (Wildman–Crippen MR) is 115 cm³/mol. The Morgan fingerprint density at radius 1 is 1.14 bits per heavy atom. The fourth-order valence-electron chi connectivity index (χ4n) is 3.54. The van der Waals surface area contributed by atoms with Crippen molar-refractivity contribution < 1.29 is 19.1 Å². The Morgan fingerprint density at radius 3 is 2.36 bits per heavy atom. The Labute approximate surface area is 181 Å². The molecule has 0 bridgehead atoms. The maximum Gasteiger partial charge on any atom is 0.317 e. The van der Waals surface area contributed by atoms with Gasteiger partial charge in [0, 0.05) is 5.92 Å². The molecule has 2 aromatic carbocycles. The molecule has 0 aliphatic heterocycles. The van der Waals surface area contributed by atoms with Gasteiger partial charge in [0.15, 0.2) is 5.78 Å². The minimum atomic E-state index is -0.823. The third-order valence-corrected chi connectivity index (χ3v) is 5.98. The maximum atomic E-state index is 12.9. The Bertz CT molecular complexity index is 898. The Hall–Kier alpha value is -1.92. The van der Waals surface area contributed by atoms with Crippen LogP contribution in [0.5, 0.6) is 5.75 Å². The standard InChI is InChI=1S/C22H20Br2O4/c1-3-28-22(26)20-16(13-7-5-4-6-8-13)9-14(12-19(20)25)15-10-17(23)21(27-2)18(24)11-15/h4-8,10-12,16,20H,3,9H2,1-2H3. The topological polar surface area (TPSA) is 52.6 Å². The largest absolute Gasteiger partial charge is 0.494 e. The summed E-state index contributed by atoms with van der Waals surface area (Å²) in [6, 6.07) is 13.5. The number of rotatable bonds is 5. The molecule has 6 heteroatoms. The van der Waals surface area contributed by atoms with Gasteiger partial charge in [-0.25, -0.2) is 0 Å². The highest BCUT2D eigenvalue weighted by molar-refractivity contribution is 9.11. The first kappa shape index (κ1) is 20.8. The Kier molecular flexibility index (Phi) is 6.73. The van der Waals surface area contributed by atoms with Crippen LogP contribution < -0.4 is 4.74 Å². The molecule has 2 atom stereocenters. The molecule has 0 aromatic heterocycles. The molecular formula is C22H20Br2O4. The normalized spacial score (nSPS) is 19.1. The molecule has 2 aromatic rings. The molecule has 0 radical (unpaired) electrons. The van der Waals surface area contributed by atoms with Crippen LogP contribution in [-0.2, 0) is 14.3 Å². The molecular weight excluding hydrogens is 488 g/mol. The number of ketones is 1. The maximum absolute atomic E-state index is 12.9. The summed E-state index contributed by atoms with van der Waals surface area (Å²) >= 11 is 7.03. The first-order valence-electron chi connectivity index (χ1n) is 8.95. The van der Waals surface area contributed by atoms with Crippen molar-refractivity contribution in [3.05, 3.63) is 68.6 Å². The van der Waals surface area contributed by atoms with Gasteiger partial charge in [-0.1, -0.05) is 30.3 Å². The van der Waals surface area contributed by atoms with Gasteiger partial charge in [-0.15, -0.1) is 0 Å². The highest BCUT2D eigenvalue weighted by Gasteiger charge is 2.39. The summed E-state index contributed by atoms with van der Waals surface area (Å²) in [5.74, 6) is -1.09. The van der Waals surface area contributed by atoms with Gasteiger partial charge in [0.1, 0.15) is 11.7 Å². The van der Waals surface area contributed by atoms with Gasteiger partial charge in [-0.3, -0.25) is 9.59 Å². The molecule has 3 rings (SSSR count). The number of carbonyl (C=O) groups is 2. The first-order chi connectivity index (χ1) is 13.5. The molecule has 0 amide bonds. The monoisotopic (exact) mass is 506 g/mol. The third kappa shape index (κ3) is 4.23. The Morgan fingerprint density at radius 2 is 1.79 bits per heavy atom. The van der Waals surface area contributed by atoms with E-state index in [1.807, 2.05) is 42.5 Å². The van der Waals surface area contributed by atoms with E-state index in [4.69, 9.17) is 9.47 Å². The van der Waals surface area contributed by atoms with Crippen LogP contribution in [0.15, 0.2) is 57.5 Å². The van der Waals surface area contributed by atoms with Crippen molar-refractivity contribution in [2.75, 3.05) is 13.7 Å². The minimum absolute atomic E-state index is 0.225. The number of carbonyl (C=O) groups excluding carboxylic acids is 2. The molecule has 0 saturated heterocycles. The zero-order valence-corrected chi connectivity index (χ0v) is 18.7. The van der Waals surface area contributed by atoms with Crippen LogP contribution in [0.2, 0.25) is 0 Å². The van der Waals surface area contributed by atoms with E-state index in [0.29, 0.717) is 12.2 Å². The van der Waals surface area contributed by atoms with Crippen molar-refractivity contribution in [2.45, 2.75) is 19.3 Å². The van der Waals surface area contributed by atoms with Gasteiger partial charge in [-0.05, 0) is 80.1 Å². The molecule has 28 heavy (non-hydrogen) atoms. The number of hydrogen-bond acceptors (Lipinski definition) is 4. The van der Waals surface area contributed by atoms with Gasteiger partial charge < -0.3 is 9.47 Å². The van der Waals surface area contributed by atoms with E-state index in [1.54, 1.807) is 20.1 Å². The molecule has 0 saturated carbocycles. The van der Waals surface area contributed by atoms with Crippen LogP contribution in [0, 0.1) is 5.92 Å². The van der Waals surface area contributed by atoms with E-state index in [2.05, 4.69) is 31.9 Å². The van der Waals surface area contributed by atoms with Crippen molar-refractivity contribution in [3.63, 3.8) is 0 Å². The van der Waals surface area contributed by atoms with Crippen LogP contribution in [0.1, 0.15) is 30.4 Å². The SMILES string of the molecule is CCOC(=O)C1C(=O)C=C(c2cc(Br)c(OC)c(Br)c2)CC1c1ccccc1. The highest BCUT2D eigenvalue weighted by atomic mass is 79.9. The Balaban J connectivity index is 2.05. The summed E-state index contributed by atoms with van der Waals surface area (Å²) < 4.78 is 12.1. The van der Waals surface area contributed by atoms with Crippen molar-refractivity contribution in [1.82, 2.24) is 0 Å². The number of benzene rings is 2. The molecule has 146 valence electrons. The fraction of sp³-hybridized carbons (Fsp3) is 0.273. The molecule has 0 fully saturated rings. The van der Waals surface area contributed by atoms with Crippen LogP contribution in [-0.4, -0.2) is 25.5 Å². The van der Waals surface area contributed by atoms with Gasteiger partial charge in [0.25, 0.3) is 0 Å². The number of methoxy groups -OCH3 is 1. The lowest BCUT2D eigenvalue weighted by atomic mass is 9.73. The van der Waals surface area contributed by atoms with E-state index in [9.17, 15) is 9.59 Å². The lowest BCUT2D eigenvalue weighted by molar-refractivity contribution is -0.151. The molecule has 1 aliphatic rings. The van der Waals surface area contributed by atoms with Crippen molar-refractivity contribution in [3.8, 4) is 5.75 Å². The van der Waals surface area contributed by atoms with E-state index < -0.39 is 11.9 Å². The van der Waals surface area contributed by atoms with Gasteiger partial charge >= 0.3 is 5.97 Å². The molecule has 0 heterocycles. The number of halogens is 2. The number of hydrogen-bond donors (Lipinski definition) is 0. The second kappa shape index (κ2) is 9.05. The number of allylic oxidation sites excluding steroid dienone is 2. The second-order valence-corrected chi connectivity index (χ2v) is 8.20. The van der Waals surface area contributed by atoms with E-state index in [0.717, 1.165) is 25.6 Å². The molecule has 4 nitrogen and oxygen atoms in total. The van der Waals surface area contributed by atoms with Crippen molar-refractivity contribution in [2.24, 2.45) is 5.92 Å². The van der Waals surface area contributed by atoms with Crippen LogP contribution in [0.3, 0.4) is 0 Å². The fourth-order valence-corrected chi connectivity index (χ4v) is 5.05. The molecule has 2 unspecified atom stereocenters. The zero-order chi connectivity index (χ0) is 20.3. The summed E-state index contributed by atoms with van der Waals surface area (Å²) in [7, 11) is 1.60. The lowest BCUT2D eigenvalue weighted by Gasteiger charge is -2.29. The molecule has 0 N–H and O–H groups in total. The first-order valence-corrected chi connectivity index (χ1v) is 10.5. The average Bonchev–Trinajstić information content (AvgIpc) is 2.68. The zero-order valence-electron chi connectivity index (χ0n) is 15.6. The van der Waals surface area contributed by atoms with E-state index in [-0.39, 0.29) is 18.3 Å². The molecule has 1 aliphatic carbocycles. The van der Waals surface area contributed by atoms with E-state index >= 15 is 0 Å². The van der Waals surface area contributed by atoms with Gasteiger partial charge in [0.05, 0.1) is 22.7 Å². The lowest BCUT2D eigenvalue weighted by Crippen LogP contribution is -2.34. The summed E-state index contributed by atoms with van der Waals surface area (Å²) in [4.78, 5) is 25.5. The van der Waals surface area contributed by atoms with Gasteiger partial charge in [-0.2, -0.15) is 0 Å². The summed E-state index contributed by atoms with van der Waals surface area (Å²) in [5, 5.41) is 0. The number of ether oxygens (including phenoxy) is 2.